The lowest BCUT2D eigenvalue weighted by Crippen LogP contribution is -2.41. The van der Waals surface area contributed by atoms with Gasteiger partial charge in [-0.2, -0.15) is 0 Å². The van der Waals surface area contributed by atoms with Crippen LogP contribution in [0.15, 0.2) is 18.3 Å². The number of amides is 2. The molecular weight excluding hydrogens is 304 g/mol. The second-order valence-electron chi connectivity index (χ2n) is 6.84. The van der Waals surface area contributed by atoms with E-state index >= 15 is 0 Å². The lowest BCUT2D eigenvalue weighted by molar-refractivity contribution is 0.0529. The van der Waals surface area contributed by atoms with Gasteiger partial charge in [0.25, 0.3) is 0 Å². The zero-order valence-electron chi connectivity index (χ0n) is 14.5. The van der Waals surface area contributed by atoms with Crippen molar-refractivity contribution in [3.8, 4) is 0 Å². The van der Waals surface area contributed by atoms with Crippen molar-refractivity contribution in [3.05, 3.63) is 23.9 Å². The van der Waals surface area contributed by atoms with Crippen molar-refractivity contribution in [2.75, 3.05) is 31.1 Å². The third-order valence-electron chi connectivity index (χ3n) is 4.89. The van der Waals surface area contributed by atoms with Crippen LogP contribution >= 0.6 is 0 Å². The molecule has 1 aliphatic carbocycles. The molecule has 1 saturated carbocycles. The van der Waals surface area contributed by atoms with Crippen LogP contribution in [-0.4, -0.2) is 43.4 Å². The van der Waals surface area contributed by atoms with E-state index in [0.717, 1.165) is 50.0 Å². The van der Waals surface area contributed by atoms with Crippen LogP contribution in [0.2, 0.25) is 0 Å². The molecule has 0 aromatic carbocycles. The molecule has 1 aliphatic heterocycles. The van der Waals surface area contributed by atoms with E-state index in [4.69, 9.17) is 4.74 Å². The normalized spacial score (nSPS) is 21.2. The van der Waals surface area contributed by atoms with Crippen molar-refractivity contribution >= 4 is 11.8 Å². The van der Waals surface area contributed by atoms with Gasteiger partial charge in [-0.25, -0.2) is 9.78 Å². The van der Waals surface area contributed by atoms with Crippen molar-refractivity contribution in [1.29, 1.82) is 0 Å². The molecule has 2 fully saturated rings. The number of morpholine rings is 1. The molecule has 6 nitrogen and oxygen atoms in total. The second-order valence-corrected chi connectivity index (χ2v) is 6.84. The Balaban J connectivity index is 1.43. The van der Waals surface area contributed by atoms with Crippen molar-refractivity contribution in [2.45, 2.75) is 45.3 Å². The molecule has 2 N–H and O–H groups in total. The number of hydrogen-bond acceptors (Lipinski definition) is 4. The third kappa shape index (κ3) is 4.84. The molecule has 0 spiro atoms. The fourth-order valence-electron chi connectivity index (χ4n) is 3.19. The number of hydrogen-bond donors (Lipinski definition) is 2. The summed E-state index contributed by atoms with van der Waals surface area (Å²) in [5.41, 5.74) is 1.06. The molecule has 2 aliphatic rings. The summed E-state index contributed by atoms with van der Waals surface area (Å²) in [7, 11) is 0. The zero-order valence-corrected chi connectivity index (χ0v) is 14.5. The number of nitrogens with zero attached hydrogens (tertiary/aromatic N) is 2. The molecule has 0 bridgehead atoms. The maximum absolute atomic E-state index is 11.9. The Morgan fingerprint density at radius 1 is 1.42 bits per heavy atom. The molecule has 0 radical (unpaired) electrons. The highest BCUT2D eigenvalue weighted by Gasteiger charge is 2.18. The van der Waals surface area contributed by atoms with Gasteiger partial charge in [-0.1, -0.05) is 19.3 Å². The van der Waals surface area contributed by atoms with Crippen molar-refractivity contribution < 1.29 is 9.53 Å². The first-order valence-electron chi connectivity index (χ1n) is 9.04. The highest BCUT2D eigenvalue weighted by atomic mass is 16.5. The minimum atomic E-state index is -0.0901. The smallest absolute Gasteiger partial charge is 0.315 e. The standard InChI is InChI=1S/C18H28N4O2/c1-14-13-22(9-10-24-14)17-11-16(6-7-19-17)12-21-18(23)20-8-5-15-3-2-4-15/h6-7,11,14-15H,2-5,8-10,12-13H2,1H3,(H2,20,21,23). The van der Waals surface area contributed by atoms with E-state index in [9.17, 15) is 4.79 Å². The highest BCUT2D eigenvalue weighted by molar-refractivity contribution is 5.73. The first kappa shape index (κ1) is 17.0. The molecular formula is C18H28N4O2. The summed E-state index contributed by atoms with van der Waals surface area (Å²) in [5, 5.41) is 5.87. The average Bonchev–Trinajstić information content (AvgIpc) is 2.55. The molecule has 1 unspecified atom stereocenters. The number of carbonyl (C=O) groups is 1. The van der Waals surface area contributed by atoms with E-state index in [2.05, 4.69) is 27.4 Å². The number of nitrogens with one attached hydrogen (secondary N) is 2. The molecule has 2 amide bonds. The van der Waals surface area contributed by atoms with Crippen LogP contribution in [0.5, 0.6) is 0 Å². The first-order valence-corrected chi connectivity index (χ1v) is 9.04. The predicted octanol–water partition coefficient (Wildman–Crippen LogP) is 2.30. The van der Waals surface area contributed by atoms with Gasteiger partial charge in [0.2, 0.25) is 0 Å². The number of pyridine rings is 1. The van der Waals surface area contributed by atoms with Gasteiger partial charge in [0.1, 0.15) is 5.82 Å². The summed E-state index contributed by atoms with van der Waals surface area (Å²) in [4.78, 5) is 18.6. The summed E-state index contributed by atoms with van der Waals surface area (Å²) in [6.45, 7) is 5.80. The number of ether oxygens (including phenoxy) is 1. The Labute approximate surface area is 144 Å². The van der Waals surface area contributed by atoms with Gasteiger partial charge < -0.3 is 20.3 Å². The molecule has 24 heavy (non-hydrogen) atoms. The topological polar surface area (TPSA) is 66.5 Å². The van der Waals surface area contributed by atoms with Gasteiger partial charge in [-0.3, -0.25) is 0 Å². The molecule has 1 aromatic heterocycles. The van der Waals surface area contributed by atoms with E-state index in [1.807, 2.05) is 12.1 Å². The van der Waals surface area contributed by atoms with E-state index in [1.165, 1.54) is 19.3 Å². The molecule has 6 heteroatoms. The van der Waals surface area contributed by atoms with E-state index < -0.39 is 0 Å². The second kappa shape index (κ2) is 8.33. The van der Waals surface area contributed by atoms with Gasteiger partial charge in [-0.05, 0) is 37.0 Å². The van der Waals surface area contributed by atoms with Crippen LogP contribution in [0.4, 0.5) is 10.6 Å². The fraction of sp³-hybridized carbons (Fsp3) is 0.667. The third-order valence-corrected chi connectivity index (χ3v) is 4.89. The van der Waals surface area contributed by atoms with Gasteiger partial charge in [0.15, 0.2) is 0 Å². The summed E-state index contributed by atoms with van der Waals surface area (Å²) in [5.74, 6) is 1.78. The minimum absolute atomic E-state index is 0.0901. The average molecular weight is 332 g/mol. The van der Waals surface area contributed by atoms with Gasteiger partial charge in [0.05, 0.1) is 12.7 Å². The van der Waals surface area contributed by atoms with Gasteiger partial charge in [-0.15, -0.1) is 0 Å². The highest BCUT2D eigenvalue weighted by Crippen LogP contribution is 2.28. The van der Waals surface area contributed by atoms with Crippen LogP contribution in [0.3, 0.4) is 0 Å². The Morgan fingerprint density at radius 2 is 2.29 bits per heavy atom. The molecule has 3 rings (SSSR count). The van der Waals surface area contributed by atoms with Gasteiger partial charge in [0, 0.05) is 32.4 Å². The number of rotatable bonds is 6. The fourth-order valence-corrected chi connectivity index (χ4v) is 3.19. The monoisotopic (exact) mass is 332 g/mol. The van der Waals surface area contributed by atoms with E-state index in [1.54, 1.807) is 6.20 Å². The largest absolute Gasteiger partial charge is 0.375 e. The van der Waals surface area contributed by atoms with Crippen molar-refractivity contribution in [1.82, 2.24) is 15.6 Å². The molecule has 1 saturated heterocycles. The zero-order chi connectivity index (χ0) is 16.8. The van der Waals surface area contributed by atoms with Gasteiger partial charge >= 0.3 is 6.03 Å². The van der Waals surface area contributed by atoms with Crippen molar-refractivity contribution in [3.63, 3.8) is 0 Å². The number of anilines is 1. The Bertz CT molecular complexity index is 548. The Hall–Kier alpha value is -1.82. The Kier molecular flexibility index (Phi) is 5.91. The van der Waals surface area contributed by atoms with E-state index in [0.29, 0.717) is 6.54 Å². The maximum atomic E-state index is 11.9. The summed E-state index contributed by atoms with van der Waals surface area (Å²) in [6.07, 6.45) is 7.13. The molecule has 1 atom stereocenters. The predicted molar refractivity (Wildman–Crippen MR) is 94.1 cm³/mol. The lowest BCUT2D eigenvalue weighted by atomic mass is 9.83. The maximum Gasteiger partial charge on any atom is 0.315 e. The summed E-state index contributed by atoms with van der Waals surface area (Å²) in [6, 6.07) is 3.90. The van der Waals surface area contributed by atoms with Crippen LogP contribution in [-0.2, 0) is 11.3 Å². The van der Waals surface area contributed by atoms with Crippen LogP contribution in [0.25, 0.3) is 0 Å². The quantitative estimate of drug-likeness (QED) is 0.839. The van der Waals surface area contributed by atoms with Crippen molar-refractivity contribution in [2.24, 2.45) is 5.92 Å². The lowest BCUT2D eigenvalue weighted by Gasteiger charge is -2.32. The summed E-state index contributed by atoms with van der Waals surface area (Å²) < 4.78 is 5.57. The first-order chi connectivity index (χ1) is 11.7. The van der Waals surface area contributed by atoms with Crippen LogP contribution in [0.1, 0.15) is 38.2 Å². The summed E-state index contributed by atoms with van der Waals surface area (Å²) >= 11 is 0. The molecule has 132 valence electrons. The molecule has 2 heterocycles. The number of carbonyl (C=O) groups excluding carboxylic acids is 1. The van der Waals surface area contributed by atoms with E-state index in [-0.39, 0.29) is 12.1 Å². The Morgan fingerprint density at radius 3 is 3.04 bits per heavy atom. The van der Waals surface area contributed by atoms with Crippen LogP contribution in [0, 0.1) is 5.92 Å². The number of aromatic nitrogens is 1. The number of urea groups is 1. The van der Waals surface area contributed by atoms with Crippen LogP contribution < -0.4 is 15.5 Å². The minimum Gasteiger partial charge on any atom is -0.375 e. The SMILES string of the molecule is CC1CN(c2cc(CNC(=O)NCCC3CCC3)ccn2)CCO1. The molecule has 1 aromatic rings.